The number of aryl methyl sites for hydroxylation is 2. The van der Waals surface area contributed by atoms with Crippen LogP contribution < -0.4 is 9.62 Å². The zero-order valence-electron chi connectivity index (χ0n) is 17.7. The van der Waals surface area contributed by atoms with Crippen LogP contribution in [-0.4, -0.2) is 20.9 Å². The summed E-state index contributed by atoms with van der Waals surface area (Å²) in [5.74, 6) is -0.953. The van der Waals surface area contributed by atoms with Crippen molar-refractivity contribution in [2.45, 2.75) is 31.7 Å². The van der Waals surface area contributed by atoms with Gasteiger partial charge in [0.2, 0.25) is 5.91 Å². The Balaban J connectivity index is 1.89. The molecule has 7 heteroatoms. The number of hydrogen-bond acceptors (Lipinski definition) is 3. The molecule has 0 spiro atoms. The van der Waals surface area contributed by atoms with E-state index in [1.807, 2.05) is 39.0 Å². The van der Waals surface area contributed by atoms with Crippen molar-refractivity contribution < 1.29 is 17.6 Å². The maximum atomic E-state index is 13.4. The van der Waals surface area contributed by atoms with Crippen molar-refractivity contribution in [1.29, 1.82) is 0 Å². The zero-order chi connectivity index (χ0) is 22.6. The number of nitrogens with zero attached hydrogens (tertiary/aromatic N) is 1. The number of hydrogen-bond donors (Lipinski definition) is 1. The molecule has 1 N–H and O–H groups in total. The molecule has 3 aromatic carbocycles. The van der Waals surface area contributed by atoms with Gasteiger partial charge in [-0.3, -0.25) is 9.10 Å². The van der Waals surface area contributed by atoms with Gasteiger partial charge in [0.25, 0.3) is 10.0 Å². The van der Waals surface area contributed by atoms with Crippen molar-refractivity contribution in [2.24, 2.45) is 0 Å². The van der Waals surface area contributed by atoms with E-state index in [0.29, 0.717) is 0 Å². The van der Waals surface area contributed by atoms with Gasteiger partial charge in [-0.2, -0.15) is 0 Å². The molecule has 1 unspecified atom stereocenters. The van der Waals surface area contributed by atoms with Crippen molar-refractivity contribution in [3.63, 3.8) is 0 Å². The van der Waals surface area contributed by atoms with Crippen LogP contribution >= 0.6 is 0 Å². The first-order valence-corrected chi connectivity index (χ1v) is 11.3. The van der Waals surface area contributed by atoms with Crippen LogP contribution in [0, 0.1) is 19.7 Å². The second-order valence-corrected chi connectivity index (χ2v) is 9.31. The van der Waals surface area contributed by atoms with Crippen molar-refractivity contribution in [2.75, 3.05) is 10.8 Å². The van der Waals surface area contributed by atoms with Gasteiger partial charge in [0, 0.05) is 0 Å². The van der Waals surface area contributed by atoms with Gasteiger partial charge in [-0.25, -0.2) is 12.8 Å². The highest BCUT2D eigenvalue weighted by Gasteiger charge is 2.27. The first kappa shape index (κ1) is 22.5. The van der Waals surface area contributed by atoms with E-state index in [-0.39, 0.29) is 16.6 Å². The number of benzene rings is 3. The molecule has 162 valence electrons. The highest BCUT2D eigenvalue weighted by atomic mass is 32.2. The van der Waals surface area contributed by atoms with Crippen LogP contribution in [0.2, 0.25) is 0 Å². The molecule has 0 radical (unpaired) electrons. The lowest BCUT2D eigenvalue weighted by molar-refractivity contribution is -0.120. The summed E-state index contributed by atoms with van der Waals surface area (Å²) in [6.45, 7) is 5.36. The number of amides is 1. The predicted molar refractivity (Wildman–Crippen MR) is 120 cm³/mol. The van der Waals surface area contributed by atoms with Crippen LogP contribution in [0.1, 0.15) is 29.7 Å². The quantitative estimate of drug-likeness (QED) is 0.588. The highest BCUT2D eigenvalue weighted by molar-refractivity contribution is 7.92. The van der Waals surface area contributed by atoms with Gasteiger partial charge in [0.1, 0.15) is 12.4 Å². The largest absolute Gasteiger partial charge is 0.348 e. The Morgan fingerprint density at radius 3 is 2.29 bits per heavy atom. The fourth-order valence-corrected chi connectivity index (χ4v) is 4.81. The van der Waals surface area contributed by atoms with E-state index in [1.54, 1.807) is 18.2 Å². The third-order valence-corrected chi connectivity index (χ3v) is 6.80. The SMILES string of the molecule is Cc1ccc(C)c(C(C)NC(=O)CN(c2ccc(F)cc2)S(=O)(=O)c2ccccc2)c1. The van der Waals surface area contributed by atoms with Crippen LogP contribution in [0.3, 0.4) is 0 Å². The van der Waals surface area contributed by atoms with E-state index in [4.69, 9.17) is 0 Å². The minimum absolute atomic E-state index is 0.0507. The Morgan fingerprint density at radius 1 is 1.00 bits per heavy atom. The van der Waals surface area contributed by atoms with Crippen LogP contribution in [0.15, 0.2) is 77.7 Å². The van der Waals surface area contributed by atoms with Gasteiger partial charge in [0.15, 0.2) is 0 Å². The van der Waals surface area contributed by atoms with Crippen molar-refractivity contribution in [3.8, 4) is 0 Å². The number of carbonyl (C=O) groups excluding carboxylic acids is 1. The van der Waals surface area contributed by atoms with Gasteiger partial charge in [-0.05, 0) is 68.3 Å². The van der Waals surface area contributed by atoms with Gasteiger partial charge in [-0.15, -0.1) is 0 Å². The summed E-state index contributed by atoms with van der Waals surface area (Å²) in [5, 5.41) is 2.88. The van der Waals surface area contributed by atoms with Gasteiger partial charge >= 0.3 is 0 Å². The summed E-state index contributed by atoms with van der Waals surface area (Å²) in [5.41, 5.74) is 3.28. The number of rotatable bonds is 7. The second-order valence-electron chi connectivity index (χ2n) is 7.45. The van der Waals surface area contributed by atoms with E-state index < -0.39 is 28.3 Å². The Hall–Kier alpha value is -3.19. The zero-order valence-corrected chi connectivity index (χ0v) is 18.5. The number of carbonyl (C=O) groups is 1. The summed E-state index contributed by atoms with van der Waals surface area (Å²) >= 11 is 0. The van der Waals surface area contributed by atoms with Crippen molar-refractivity contribution in [1.82, 2.24) is 5.32 Å². The third kappa shape index (κ3) is 5.30. The molecular weight excluding hydrogens is 415 g/mol. The number of anilines is 1. The maximum Gasteiger partial charge on any atom is 0.264 e. The smallest absolute Gasteiger partial charge is 0.264 e. The molecule has 3 rings (SSSR count). The Kier molecular flexibility index (Phi) is 6.75. The number of nitrogens with one attached hydrogen (secondary N) is 1. The number of halogens is 1. The molecule has 0 saturated carbocycles. The number of sulfonamides is 1. The molecule has 0 aromatic heterocycles. The molecule has 0 aliphatic rings. The minimum Gasteiger partial charge on any atom is -0.348 e. The van der Waals surface area contributed by atoms with E-state index in [1.165, 1.54) is 36.4 Å². The summed E-state index contributed by atoms with van der Waals surface area (Å²) in [4.78, 5) is 12.9. The Bertz CT molecular complexity index is 1160. The standard InChI is InChI=1S/C24H25FN2O3S/c1-17-9-10-18(2)23(15-17)19(3)26-24(28)16-27(21-13-11-20(25)12-14-21)31(29,30)22-7-5-4-6-8-22/h4-15,19H,16H2,1-3H3,(H,26,28). The fourth-order valence-electron chi connectivity index (χ4n) is 3.36. The molecule has 5 nitrogen and oxygen atoms in total. The topological polar surface area (TPSA) is 66.5 Å². The normalized spacial score (nSPS) is 12.3. The molecule has 1 amide bonds. The average Bonchev–Trinajstić information content (AvgIpc) is 2.75. The lowest BCUT2D eigenvalue weighted by Gasteiger charge is -2.25. The molecular formula is C24H25FN2O3S. The summed E-state index contributed by atoms with van der Waals surface area (Å²) in [7, 11) is -4.03. The molecule has 0 fully saturated rings. The van der Waals surface area contributed by atoms with Crippen LogP contribution in [0.5, 0.6) is 0 Å². The highest BCUT2D eigenvalue weighted by Crippen LogP contribution is 2.24. The van der Waals surface area contributed by atoms with E-state index in [2.05, 4.69) is 5.32 Å². The molecule has 0 saturated heterocycles. The van der Waals surface area contributed by atoms with E-state index >= 15 is 0 Å². The molecule has 3 aromatic rings. The van der Waals surface area contributed by atoms with Crippen LogP contribution in [-0.2, 0) is 14.8 Å². The lowest BCUT2D eigenvalue weighted by Crippen LogP contribution is -2.41. The summed E-state index contributed by atoms with van der Waals surface area (Å²) in [6.07, 6.45) is 0. The molecule has 0 aliphatic carbocycles. The second kappa shape index (κ2) is 9.31. The summed E-state index contributed by atoms with van der Waals surface area (Å²) in [6, 6.07) is 18.5. The third-order valence-electron chi connectivity index (χ3n) is 5.01. The van der Waals surface area contributed by atoms with Gasteiger partial charge in [0.05, 0.1) is 16.6 Å². The Labute approximate surface area is 182 Å². The maximum absolute atomic E-state index is 13.4. The predicted octanol–water partition coefficient (Wildman–Crippen LogP) is 4.52. The fraction of sp³-hybridized carbons (Fsp3) is 0.208. The van der Waals surface area contributed by atoms with Gasteiger partial charge in [-0.1, -0.05) is 42.0 Å². The average molecular weight is 441 g/mol. The first-order chi connectivity index (χ1) is 14.7. The lowest BCUT2D eigenvalue weighted by atomic mass is 10.00. The Morgan fingerprint density at radius 2 is 1.65 bits per heavy atom. The minimum atomic E-state index is -4.03. The first-order valence-electron chi connectivity index (χ1n) is 9.88. The molecule has 31 heavy (non-hydrogen) atoms. The van der Waals surface area contributed by atoms with E-state index in [9.17, 15) is 17.6 Å². The van der Waals surface area contributed by atoms with Crippen molar-refractivity contribution >= 4 is 21.6 Å². The molecule has 0 aliphatic heterocycles. The van der Waals surface area contributed by atoms with Gasteiger partial charge < -0.3 is 5.32 Å². The van der Waals surface area contributed by atoms with Crippen molar-refractivity contribution in [3.05, 3.63) is 95.3 Å². The summed E-state index contributed by atoms with van der Waals surface area (Å²) < 4.78 is 40.9. The van der Waals surface area contributed by atoms with Crippen LogP contribution in [0.25, 0.3) is 0 Å². The monoisotopic (exact) mass is 440 g/mol. The van der Waals surface area contributed by atoms with Crippen LogP contribution in [0.4, 0.5) is 10.1 Å². The molecule has 0 heterocycles. The molecule has 1 atom stereocenters. The molecule has 0 bridgehead atoms. The van der Waals surface area contributed by atoms with E-state index in [0.717, 1.165) is 21.0 Å².